The molecule has 0 aliphatic carbocycles. The molecule has 1 N–H and O–H groups in total. The molecule has 0 bridgehead atoms. The monoisotopic (exact) mass is 532 g/mol. The highest BCUT2D eigenvalue weighted by Gasteiger charge is 2.27. The highest BCUT2D eigenvalue weighted by molar-refractivity contribution is 7.92. The molecule has 0 saturated heterocycles. The van der Waals surface area contributed by atoms with Crippen LogP contribution in [0.3, 0.4) is 0 Å². The largest absolute Gasteiger partial charge is 0.497 e. The summed E-state index contributed by atoms with van der Waals surface area (Å²) in [5.41, 5.74) is 1.82. The summed E-state index contributed by atoms with van der Waals surface area (Å²) in [6.07, 6.45) is 1.08. The Bertz CT molecular complexity index is 1310. The number of carbonyl (C=O) groups is 1. The van der Waals surface area contributed by atoms with Crippen LogP contribution >= 0.6 is 11.6 Å². The number of anilines is 1. The lowest BCUT2D eigenvalue weighted by Crippen LogP contribution is -2.33. The van der Waals surface area contributed by atoms with Crippen molar-refractivity contribution in [3.05, 3.63) is 82.4 Å². The second-order valence-corrected chi connectivity index (χ2v) is 10.4. The predicted molar refractivity (Wildman–Crippen MR) is 141 cm³/mol. The molecule has 3 rings (SSSR count). The third-order valence-corrected chi connectivity index (χ3v) is 7.00. The average Bonchev–Trinajstić information content (AvgIpc) is 2.86. The van der Waals surface area contributed by atoms with Crippen molar-refractivity contribution >= 4 is 33.2 Å². The summed E-state index contributed by atoms with van der Waals surface area (Å²) in [6.45, 7) is 1.82. The van der Waals surface area contributed by atoms with E-state index in [1.54, 1.807) is 43.5 Å². The first-order valence-corrected chi connectivity index (χ1v) is 13.2. The maximum Gasteiger partial charge on any atom is 0.254 e. The highest BCUT2D eigenvalue weighted by atomic mass is 35.5. The summed E-state index contributed by atoms with van der Waals surface area (Å²) in [5, 5.41) is 3.47. The molecule has 10 heteroatoms. The maximum atomic E-state index is 13.5. The van der Waals surface area contributed by atoms with Crippen LogP contribution in [0, 0.1) is 0 Å². The third kappa shape index (κ3) is 6.41. The van der Waals surface area contributed by atoms with Crippen LogP contribution in [0.2, 0.25) is 5.02 Å². The second-order valence-electron chi connectivity index (χ2n) is 8.09. The Balaban J connectivity index is 2.05. The number of carbonyl (C=O) groups excluding carboxylic acids is 1. The summed E-state index contributed by atoms with van der Waals surface area (Å²) in [6, 6.07) is 16.7. The van der Waals surface area contributed by atoms with Crippen LogP contribution in [0.25, 0.3) is 0 Å². The molecule has 3 aromatic carbocycles. The molecule has 36 heavy (non-hydrogen) atoms. The number of nitrogens with zero attached hydrogens (tertiary/aromatic N) is 1. The lowest BCUT2D eigenvalue weighted by Gasteiger charge is -2.26. The van der Waals surface area contributed by atoms with Crippen LogP contribution < -0.4 is 23.8 Å². The van der Waals surface area contributed by atoms with Crippen molar-refractivity contribution in [1.29, 1.82) is 0 Å². The number of rotatable bonds is 10. The van der Waals surface area contributed by atoms with Gasteiger partial charge >= 0.3 is 0 Å². The Morgan fingerprint density at radius 1 is 0.944 bits per heavy atom. The quantitative estimate of drug-likeness (QED) is 0.402. The van der Waals surface area contributed by atoms with Crippen molar-refractivity contribution in [2.45, 2.75) is 19.5 Å². The van der Waals surface area contributed by atoms with Crippen molar-refractivity contribution in [2.24, 2.45) is 0 Å². The number of hydrogen-bond acceptors (Lipinski definition) is 6. The molecular weight excluding hydrogens is 504 g/mol. The van der Waals surface area contributed by atoms with Crippen LogP contribution in [-0.4, -0.2) is 41.9 Å². The fourth-order valence-corrected chi connectivity index (χ4v) is 4.66. The second kappa shape index (κ2) is 11.5. The number of halogens is 1. The van der Waals surface area contributed by atoms with E-state index in [9.17, 15) is 13.2 Å². The molecule has 8 nitrogen and oxygen atoms in total. The van der Waals surface area contributed by atoms with Crippen molar-refractivity contribution in [1.82, 2.24) is 5.32 Å². The van der Waals surface area contributed by atoms with Gasteiger partial charge in [0.25, 0.3) is 5.91 Å². The average molecular weight is 533 g/mol. The summed E-state index contributed by atoms with van der Waals surface area (Å²) in [4.78, 5) is 13.5. The zero-order chi connectivity index (χ0) is 26.5. The molecule has 0 saturated carbocycles. The summed E-state index contributed by atoms with van der Waals surface area (Å²) in [5.74, 6) is 0.810. The molecule has 1 amide bonds. The van der Waals surface area contributed by atoms with Crippen LogP contribution in [0.4, 0.5) is 5.69 Å². The van der Waals surface area contributed by atoms with E-state index in [1.165, 1.54) is 26.4 Å². The summed E-state index contributed by atoms with van der Waals surface area (Å²) in [7, 11) is 0.662. The topological polar surface area (TPSA) is 94.2 Å². The number of methoxy groups -OCH3 is 3. The van der Waals surface area contributed by atoms with Crippen LogP contribution in [0.15, 0.2) is 60.7 Å². The van der Waals surface area contributed by atoms with E-state index >= 15 is 0 Å². The zero-order valence-electron chi connectivity index (χ0n) is 20.7. The molecule has 0 radical (unpaired) electrons. The Morgan fingerprint density at radius 3 is 2.06 bits per heavy atom. The van der Waals surface area contributed by atoms with Crippen molar-refractivity contribution in [2.75, 3.05) is 31.9 Å². The molecule has 0 unspecified atom stereocenters. The fraction of sp³-hybridized carbons (Fsp3) is 0.269. The van der Waals surface area contributed by atoms with E-state index in [0.29, 0.717) is 22.1 Å². The predicted octanol–water partition coefficient (Wildman–Crippen LogP) is 4.82. The number of benzene rings is 3. The SMILES string of the molecule is COc1ccc([C@H](C)NC(=O)c2cc(OC)c(OC)cc2N(Cc2ccc(Cl)cc2)S(C)(=O)=O)cc1. The first kappa shape index (κ1) is 27.2. The van der Waals surface area contributed by atoms with Gasteiger partial charge in [0.15, 0.2) is 11.5 Å². The van der Waals surface area contributed by atoms with Crippen molar-refractivity contribution in [3.63, 3.8) is 0 Å². The zero-order valence-corrected chi connectivity index (χ0v) is 22.3. The van der Waals surface area contributed by atoms with Crippen molar-refractivity contribution < 1.29 is 27.4 Å². The van der Waals surface area contributed by atoms with Gasteiger partial charge in [0.1, 0.15) is 5.75 Å². The van der Waals surface area contributed by atoms with E-state index in [0.717, 1.165) is 16.1 Å². The van der Waals surface area contributed by atoms with Gasteiger partial charge in [-0.15, -0.1) is 0 Å². The third-order valence-electron chi connectivity index (χ3n) is 5.62. The number of ether oxygens (including phenoxy) is 3. The minimum atomic E-state index is -3.81. The van der Waals surface area contributed by atoms with E-state index in [2.05, 4.69) is 5.32 Å². The molecule has 3 aromatic rings. The van der Waals surface area contributed by atoms with Gasteiger partial charge in [-0.25, -0.2) is 8.42 Å². The van der Waals surface area contributed by atoms with Crippen LogP contribution in [0.5, 0.6) is 17.2 Å². The minimum Gasteiger partial charge on any atom is -0.497 e. The van der Waals surface area contributed by atoms with E-state index in [-0.39, 0.29) is 29.6 Å². The molecule has 1 atom stereocenters. The Morgan fingerprint density at radius 2 is 1.53 bits per heavy atom. The van der Waals surface area contributed by atoms with Gasteiger partial charge in [-0.1, -0.05) is 35.9 Å². The van der Waals surface area contributed by atoms with Gasteiger partial charge in [-0.2, -0.15) is 0 Å². The van der Waals surface area contributed by atoms with E-state index in [1.807, 2.05) is 19.1 Å². The fourth-order valence-electron chi connectivity index (χ4n) is 3.64. The van der Waals surface area contributed by atoms with E-state index < -0.39 is 15.9 Å². The molecule has 0 heterocycles. The molecule has 0 spiro atoms. The van der Waals surface area contributed by atoms with Gasteiger partial charge in [0, 0.05) is 11.1 Å². The Hall–Kier alpha value is -3.43. The molecule has 0 aliphatic heterocycles. The molecule has 0 aromatic heterocycles. The first-order valence-electron chi connectivity index (χ1n) is 11.0. The van der Waals surface area contributed by atoms with Gasteiger partial charge < -0.3 is 19.5 Å². The molecule has 0 aliphatic rings. The maximum absolute atomic E-state index is 13.5. The Kier molecular flexibility index (Phi) is 8.70. The lowest BCUT2D eigenvalue weighted by molar-refractivity contribution is 0.0940. The molecule has 192 valence electrons. The molecule has 0 fully saturated rings. The first-order chi connectivity index (χ1) is 17.1. The van der Waals surface area contributed by atoms with Gasteiger partial charge in [0.05, 0.1) is 51.4 Å². The van der Waals surface area contributed by atoms with Crippen LogP contribution in [-0.2, 0) is 16.6 Å². The normalized spacial score (nSPS) is 11.9. The summed E-state index contributed by atoms with van der Waals surface area (Å²) < 4.78 is 43.0. The highest BCUT2D eigenvalue weighted by Crippen LogP contribution is 2.37. The van der Waals surface area contributed by atoms with Gasteiger partial charge in [-0.3, -0.25) is 9.10 Å². The van der Waals surface area contributed by atoms with E-state index in [4.69, 9.17) is 25.8 Å². The smallest absolute Gasteiger partial charge is 0.254 e. The Labute approximate surface area is 216 Å². The van der Waals surface area contributed by atoms with Gasteiger partial charge in [-0.05, 0) is 48.4 Å². The van der Waals surface area contributed by atoms with Gasteiger partial charge in [0.2, 0.25) is 10.0 Å². The van der Waals surface area contributed by atoms with Crippen molar-refractivity contribution in [3.8, 4) is 17.2 Å². The molecular formula is C26H29ClN2O6S. The standard InChI is InChI=1S/C26H29ClN2O6S/c1-17(19-8-12-21(33-2)13-9-19)28-26(30)22-14-24(34-3)25(35-4)15-23(22)29(36(5,31)32)16-18-6-10-20(27)11-7-18/h6-15,17H,16H2,1-5H3,(H,28,30)/t17-/m0/s1. The number of nitrogens with one attached hydrogen (secondary N) is 1. The number of sulfonamides is 1. The number of amides is 1. The number of hydrogen-bond donors (Lipinski definition) is 1. The van der Waals surface area contributed by atoms with Crippen LogP contribution in [0.1, 0.15) is 34.5 Å². The minimum absolute atomic E-state index is 0.0141. The summed E-state index contributed by atoms with van der Waals surface area (Å²) >= 11 is 5.99. The lowest BCUT2D eigenvalue weighted by atomic mass is 10.1.